The summed E-state index contributed by atoms with van der Waals surface area (Å²) in [5, 5.41) is 3.02. The number of ketones is 1. The van der Waals surface area contributed by atoms with Crippen molar-refractivity contribution in [2.75, 3.05) is 25.0 Å². The molecule has 1 aromatic carbocycles. The number of carbonyl (C=O) groups excluding carboxylic acids is 1. The summed E-state index contributed by atoms with van der Waals surface area (Å²) in [6.45, 7) is 3.29. The van der Waals surface area contributed by atoms with Gasteiger partial charge in [-0.05, 0) is 43.6 Å². The molecule has 7 heteroatoms. The fraction of sp³-hybridized carbons (Fsp3) is 0.333. The molecule has 3 aromatic rings. The van der Waals surface area contributed by atoms with E-state index in [1.54, 1.807) is 31.6 Å². The van der Waals surface area contributed by atoms with Crippen molar-refractivity contribution in [2.24, 2.45) is 7.05 Å². The van der Waals surface area contributed by atoms with E-state index in [-0.39, 0.29) is 17.9 Å². The average molecular weight is 418 g/mol. The number of nitrogens with one attached hydrogen (secondary N) is 1. The number of piperidine rings is 1. The lowest BCUT2D eigenvalue weighted by Gasteiger charge is -2.26. The Bertz CT molecular complexity index is 1090. The first kappa shape index (κ1) is 20.9. The molecular formula is C24H27N5O2. The summed E-state index contributed by atoms with van der Waals surface area (Å²) in [6, 6.07) is 12.9. The van der Waals surface area contributed by atoms with Gasteiger partial charge in [0, 0.05) is 43.2 Å². The van der Waals surface area contributed by atoms with Crippen LogP contribution in [-0.4, -0.2) is 44.9 Å². The number of nitrogens with zero attached hydrogens (tertiary/aromatic N) is 4. The van der Waals surface area contributed by atoms with Crippen molar-refractivity contribution in [2.45, 2.75) is 25.8 Å². The zero-order chi connectivity index (χ0) is 21.6. The number of benzene rings is 1. The molecule has 3 heterocycles. The molecule has 0 spiro atoms. The van der Waals surface area contributed by atoms with E-state index >= 15 is 0 Å². The highest BCUT2D eigenvalue weighted by Crippen LogP contribution is 2.16. The minimum absolute atomic E-state index is 0.0481. The number of rotatable bonds is 7. The van der Waals surface area contributed by atoms with Crippen LogP contribution in [0.1, 0.15) is 35.2 Å². The molecule has 0 bridgehead atoms. The number of hydrogen-bond donors (Lipinski definition) is 1. The monoisotopic (exact) mass is 417 g/mol. The molecule has 1 aliphatic heterocycles. The number of hydrogen-bond acceptors (Lipinski definition) is 6. The molecule has 0 amide bonds. The molecule has 1 fully saturated rings. The second-order valence-corrected chi connectivity index (χ2v) is 7.91. The molecule has 2 aromatic heterocycles. The van der Waals surface area contributed by atoms with Gasteiger partial charge in [-0.2, -0.15) is 0 Å². The Hall–Kier alpha value is -3.32. The fourth-order valence-electron chi connectivity index (χ4n) is 3.80. The van der Waals surface area contributed by atoms with Gasteiger partial charge in [0.05, 0.1) is 12.2 Å². The average Bonchev–Trinajstić information content (AvgIpc) is 2.81. The predicted molar refractivity (Wildman–Crippen MR) is 121 cm³/mol. The van der Waals surface area contributed by atoms with Gasteiger partial charge in [-0.1, -0.05) is 30.7 Å². The van der Waals surface area contributed by atoms with Crippen LogP contribution >= 0.6 is 0 Å². The standard InChI is InChI=1S/C24H27N5O2/c1-28-23(31)15-21(19-9-11-25-12-10-19)27-24(28)26-16-22(30)20-7-5-18(6-8-20)17-29-13-3-2-4-14-29/h5-12,15H,2-4,13-14,16-17H2,1H3,(H,26,27). The van der Waals surface area contributed by atoms with Crippen LogP contribution in [0, 0.1) is 0 Å². The summed E-state index contributed by atoms with van der Waals surface area (Å²) in [5.74, 6) is 0.308. The SMILES string of the molecule is Cn1c(NCC(=O)c2ccc(CN3CCCCC3)cc2)nc(-c2ccncc2)cc1=O. The van der Waals surface area contributed by atoms with Crippen LogP contribution in [0.5, 0.6) is 0 Å². The van der Waals surface area contributed by atoms with Crippen LogP contribution < -0.4 is 10.9 Å². The van der Waals surface area contributed by atoms with E-state index in [0.717, 1.165) is 25.2 Å². The van der Waals surface area contributed by atoms with E-state index < -0.39 is 0 Å². The minimum atomic E-state index is -0.196. The maximum atomic E-state index is 12.7. The Kier molecular flexibility index (Phi) is 6.52. The van der Waals surface area contributed by atoms with E-state index in [1.165, 1.54) is 35.5 Å². The summed E-state index contributed by atoms with van der Waals surface area (Å²) >= 11 is 0. The number of aromatic nitrogens is 3. The third kappa shape index (κ3) is 5.24. The maximum Gasteiger partial charge on any atom is 0.255 e. The molecule has 1 N–H and O–H groups in total. The van der Waals surface area contributed by atoms with Crippen LogP contribution in [-0.2, 0) is 13.6 Å². The Morgan fingerprint density at radius 1 is 1.03 bits per heavy atom. The molecule has 0 radical (unpaired) electrons. The van der Waals surface area contributed by atoms with Crippen molar-refractivity contribution >= 4 is 11.7 Å². The van der Waals surface area contributed by atoms with Crippen LogP contribution in [0.25, 0.3) is 11.3 Å². The number of Topliss-reactive ketones (excluding diaryl/α,β-unsaturated/α-hetero) is 1. The Morgan fingerprint density at radius 2 is 1.74 bits per heavy atom. The molecule has 0 unspecified atom stereocenters. The largest absolute Gasteiger partial charge is 0.348 e. The van der Waals surface area contributed by atoms with Crippen molar-refractivity contribution in [3.8, 4) is 11.3 Å². The minimum Gasteiger partial charge on any atom is -0.348 e. The molecule has 0 aliphatic carbocycles. The third-order valence-corrected chi connectivity index (χ3v) is 5.65. The Labute approximate surface area is 181 Å². The first-order chi connectivity index (χ1) is 15.1. The van der Waals surface area contributed by atoms with E-state index in [1.807, 2.05) is 24.3 Å². The van der Waals surface area contributed by atoms with Gasteiger partial charge in [-0.15, -0.1) is 0 Å². The molecular weight excluding hydrogens is 390 g/mol. The van der Waals surface area contributed by atoms with Gasteiger partial charge in [0.15, 0.2) is 5.78 Å². The van der Waals surface area contributed by atoms with E-state index in [4.69, 9.17) is 0 Å². The first-order valence-corrected chi connectivity index (χ1v) is 10.7. The molecule has 0 saturated carbocycles. The summed E-state index contributed by atoms with van der Waals surface area (Å²) in [7, 11) is 1.63. The van der Waals surface area contributed by atoms with Crippen LogP contribution in [0.4, 0.5) is 5.95 Å². The van der Waals surface area contributed by atoms with Crippen LogP contribution in [0.15, 0.2) is 59.7 Å². The lowest BCUT2D eigenvalue weighted by molar-refractivity contribution is 0.101. The predicted octanol–water partition coefficient (Wildman–Crippen LogP) is 3.12. The molecule has 7 nitrogen and oxygen atoms in total. The van der Waals surface area contributed by atoms with Crippen molar-refractivity contribution in [3.63, 3.8) is 0 Å². The highest BCUT2D eigenvalue weighted by molar-refractivity contribution is 5.98. The number of anilines is 1. The Balaban J connectivity index is 1.41. The Morgan fingerprint density at radius 3 is 2.45 bits per heavy atom. The lowest BCUT2D eigenvalue weighted by Crippen LogP contribution is -2.29. The second kappa shape index (κ2) is 9.66. The molecule has 160 valence electrons. The van der Waals surface area contributed by atoms with E-state index in [9.17, 15) is 9.59 Å². The summed E-state index contributed by atoms with van der Waals surface area (Å²) in [5.41, 5.74) is 3.01. The molecule has 1 saturated heterocycles. The zero-order valence-corrected chi connectivity index (χ0v) is 17.8. The summed E-state index contributed by atoms with van der Waals surface area (Å²) in [6.07, 6.45) is 7.16. The van der Waals surface area contributed by atoms with Crippen molar-refractivity contribution in [1.29, 1.82) is 0 Å². The van der Waals surface area contributed by atoms with E-state index in [2.05, 4.69) is 20.2 Å². The van der Waals surface area contributed by atoms with Gasteiger partial charge < -0.3 is 5.32 Å². The highest BCUT2D eigenvalue weighted by Gasteiger charge is 2.13. The zero-order valence-electron chi connectivity index (χ0n) is 17.8. The normalized spacial score (nSPS) is 14.4. The topological polar surface area (TPSA) is 80.1 Å². The molecule has 31 heavy (non-hydrogen) atoms. The highest BCUT2D eigenvalue weighted by atomic mass is 16.1. The smallest absolute Gasteiger partial charge is 0.255 e. The first-order valence-electron chi connectivity index (χ1n) is 10.7. The molecule has 1 aliphatic rings. The third-order valence-electron chi connectivity index (χ3n) is 5.65. The van der Waals surface area contributed by atoms with Gasteiger partial charge in [-0.25, -0.2) is 4.98 Å². The molecule has 0 atom stereocenters. The van der Waals surface area contributed by atoms with Gasteiger partial charge in [0.1, 0.15) is 0 Å². The number of carbonyl (C=O) groups is 1. The van der Waals surface area contributed by atoms with Crippen LogP contribution in [0.3, 0.4) is 0 Å². The van der Waals surface area contributed by atoms with Crippen molar-refractivity contribution in [3.05, 3.63) is 76.3 Å². The number of likely N-dealkylation sites (tertiary alicyclic amines) is 1. The van der Waals surface area contributed by atoms with Gasteiger partial charge in [-0.3, -0.25) is 24.0 Å². The van der Waals surface area contributed by atoms with E-state index in [0.29, 0.717) is 17.2 Å². The van der Waals surface area contributed by atoms with Crippen molar-refractivity contribution in [1.82, 2.24) is 19.4 Å². The van der Waals surface area contributed by atoms with Crippen molar-refractivity contribution < 1.29 is 4.79 Å². The lowest BCUT2D eigenvalue weighted by atomic mass is 10.1. The maximum absolute atomic E-state index is 12.7. The molecule has 4 rings (SSSR count). The van der Waals surface area contributed by atoms with Gasteiger partial charge in [0.25, 0.3) is 5.56 Å². The summed E-state index contributed by atoms with van der Waals surface area (Å²) in [4.78, 5) is 36.0. The van der Waals surface area contributed by atoms with Gasteiger partial charge >= 0.3 is 0 Å². The quantitative estimate of drug-likeness (QED) is 0.595. The number of pyridine rings is 1. The fourth-order valence-corrected chi connectivity index (χ4v) is 3.80. The second-order valence-electron chi connectivity index (χ2n) is 7.91. The van der Waals surface area contributed by atoms with Crippen LogP contribution in [0.2, 0.25) is 0 Å². The van der Waals surface area contributed by atoms with Gasteiger partial charge in [0.2, 0.25) is 5.95 Å². The summed E-state index contributed by atoms with van der Waals surface area (Å²) < 4.78 is 1.40.